The number of rotatable bonds is 6. The zero-order valence-electron chi connectivity index (χ0n) is 13.8. The van der Waals surface area contributed by atoms with Gasteiger partial charge in [0.1, 0.15) is 11.5 Å². The molecule has 3 unspecified atom stereocenters. The van der Waals surface area contributed by atoms with Gasteiger partial charge in [-0.25, -0.2) is 0 Å². The highest BCUT2D eigenvalue weighted by Gasteiger charge is 2.32. The van der Waals surface area contributed by atoms with E-state index in [0.717, 1.165) is 17.4 Å². The molecule has 0 radical (unpaired) electrons. The Hall–Kier alpha value is -1.22. The summed E-state index contributed by atoms with van der Waals surface area (Å²) in [6, 6.07) is 6.53. The fraction of sp³-hybridized carbons (Fsp3) is 0.667. The van der Waals surface area contributed by atoms with Crippen LogP contribution in [-0.4, -0.2) is 21.3 Å². The predicted octanol–water partition coefficient (Wildman–Crippen LogP) is 4.18. The number of hydrogen-bond acceptors (Lipinski definition) is 3. The van der Waals surface area contributed by atoms with Crippen molar-refractivity contribution in [3.8, 4) is 11.5 Å². The van der Waals surface area contributed by atoms with Gasteiger partial charge in [-0.05, 0) is 31.4 Å². The first-order valence-electron chi connectivity index (χ1n) is 8.14. The second-order valence-electron chi connectivity index (χ2n) is 5.99. The van der Waals surface area contributed by atoms with Crippen molar-refractivity contribution in [2.24, 2.45) is 11.8 Å². The van der Waals surface area contributed by atoms with Crippen LogP contribution in [-0.2, 0) is 0 Å². The molecule has 0 spiro atoms. The summed E-state index contributed by atoms with van der Waals surface area (Å²) >= 11 is 0. The van der Waals surface area contributed by atoms with Crippen LogP contribution >= 0.6 is 0 Å². The van der Waals surface area contributed by atoms with E-state index in [1.807, 2.05) is 12.1 Å². The van der Waals surface area contributed by atoms with Crippen molar-refractivity contribution in [1.29, 1.82) is 0 Å². The summed E-state index contributed by atoms with van der Waals surface area (Å²) in [5, 5.41) is 3.54. The standard InChI is InChI=1S/C18H29NO2/c1-5-13-8-6-7-9-15(13)18(19-2)16-11-10-14(20-3)12-17(16)21-4/h10-13,15,18-19H,5-9H2,1-4H3. The zero-order chi connectivity index (χ0) is 15.2. The molecule has 1 N–H and O–H groups in total. The van der Waals surface area contributed by atoms with Crippen LogP contribution < -0.4 is 14.8 Å². The van der Waals surface area contributed by atoms with Crippen molar-refractivity contribution in [2.45, 2.75) is 45.1 Å². The average Bonchev–Trinajstić information content (AvgIpc) is 2.56. The number of benzene rings is 1. The van der Waals surface area contributed by atoms with E-state index in [1.54, 1.807) is 14.2 Å². The molecule has 1 aliphatic carbocycles. The van der Waals surface area contributed by atoms with Crippen molar-refractivity contribution >= 4 is 0 Å². The largest absolute Gasteiger partial charge is 0.497 e. The Morgan fingerprint density at radius 1 is 1.19 bits per heavy atom. The zero-order valence-corrected chi connectivity index (χ0v) is 13.8. The van der Waals surface area contributed by atoms with Crippen LogP contribution in [0.5, 0.6) is 11.5 Å². The maximum absolute atomic E-state index is 5.61. The lowest BCUT2D eigenvalue weighted by molar-refractivity contribution is 0.178. The number of methoxy groups -OCH3 is 2. The van der Waals surface area contributed by atoms with E-state index in [0.29, 0.717) is 12.0 Å². The summed E-state index contributed by atoms with van der Waals surface area (Å²) in [5.74, 6) is 3.27. The Morgan fingerprint density at radius 2 is 1.95 bits per heavy atom. The summed E-state index contributed by atoms with van der Waals surface area (Å²) in [6.07, 6.45) is 6.65. The molecule has 1 aromatic carbocycles. The van der Waals surface area contributed by atoms with E-state index in [9.17, 15) is 0 Å². The second kappa shape index (κ2) is 7.69. The van der Waals surface area contributed by atoms with Crippen LogP contribution in [0.4, 0.5) is 0 Å². The van der Waals surface area contributed by atoms with Crippen LogP contribution in [0.2, 0.25) is 0 Å². The molecule has 0 aromatic heterocycles. The molecule has 0 saturated heterocycles. The lowest BCUT2D eigenvalue weighted by Crippen LogP contribution is -2.32. The van der Waals surface area contributed by atoms with Gasteiger partial charge in [0.15, 0.2) is 0 Å². The van der Waals surface area contributed by atoms with E-state index >= 15 is 0 Å². The number of hydrogen-bond donors (Lipinski definition) is 1. The molecule has 0 amide bonds. The quantitative estimate of drug-likeness (QED) is 0.853. The van der Waals surface area contributed by atoms with Gasteiger partial charge in [-0.2, -0.15) is 0 Å². The Labute approximate surface area is 129 Å². The Morgan fingerprint density at radius 3 is 2.57 bits per heavy atom. The van der Waals surface area contributed by atoms with E-state index in [2.05, 4.69) is 25.4 Å². The SMILES string of the molecule is CCC1CCCCC1C(NC)c1ccc(OC)cc1OC. The molecule has 3 heteroatoms. The molecular weight excluding hydrogens is 262 g/mol. The molecule has 0 heterocycles. The van der Waals surface area contributed by atoms with Crippen LogP contribution in [0.1, 0.15) is 50.6 Å². The normalized spacial score (nSPS) is 23.6. The van der Waals surface area contributed by atoms with E-state index < -0.39 is 0 Å². The summed E-state index contributed by atoms with van der Waals surface area (Å²) in [7, 11) is 5.50. The molecule has 1 fully saturated rings. The van der Waals surface area contributed by atoms with Crippen LogP contribution in [0.3, 0.4) is 0 Å². The molecule has 1 saturated carbocycles. The van der Waals surface area contributed by atoms with Crippen LogP contribution in [0.15, 0.2) is 18.2 Å². The van der Waals surface area contributed by atoms with Gasteiger partial charge in [-0.3, -0.25) is 0 Å². The molecule has 21 heavy (non-hydrogen) atoms. The Kier molecular flexibility index (Phi) is 5.92. The van der Waals surface area contributed by atoms with E-state index in [4.69, 9.17) is 9.47 Å². The minimum absolute atomic E-state index is 0.358. The molecule has 118 valence electrons. The number of nitrogens with one attached hydrogen (secondary N) is 1. The predicted molar refractivity (Wildman–Crippen MR) is 87.1 cm³/mol. The fourth-order valence-electron chi connectivity index (χ4n) is 3.86. The number of ether oxygens (including phenoxy) is 2. The fourth-order valence-corrected chi connectivity index (χ4v) is 3.86. The summed E-state index contributed by atoms with van der Waals surface area (Å²) in [5.41, 5.74) is 1.26. The monoisotopic (exact) mass is 291 g/mol. The third kappa shape index (κ3) is 3.52. The third-order valence-corrected chi connectivity index (χ3v) is 5.01. The van der Waals surface area contributed by atoms with Gasteiger partial charge < -0.3 is 14.8 Å². The summed E-state index contributed by atoms with van der Waals surface area (Å²) in [4.78, 5) is 0. The first kappa shape index (κ1) is 16.2. The first-order chi connectivity index (χ1) is 10.2. The molecule has 1 aromatic rings. The van der Waals surface area contributed by atoms with Gasteiger partial charge in [0.2, 0.25) is 0 Å². The Balaban J connectivity index is 2.31. The van der Waals surface area contributed by atoms with Crippen molar-refractivity contribution in [1.82, 2.24) is 5.32 Å². The smallest absolute Gasteiger partial charge is 0.127 e. The van der Waals surface area contributed by atoms with Gasteiger partial charge in [-0.1, -0.05) is 38.7 Å². The molecule has 0 aliphatic heterocycles. The minimum Gasteiger partial charge on any atom is -0.497 e. The Bertz CT molecular complexity index is 447. The highest BCUT2D eigenvalue weighted by molar-refractivity contribution is 5.43. The lowest BCUT2D eigenvalue weighted by Gasteiger charge is -2.37. The maximum atomic E-state index is 5.61. The topological polar surface area (TPSA) is 30.5 Å². The highest BCUT2D eigenvalue weighted by atomic mass is 16.5. The van der Waals surface area contributed by atoms with Gasteiger partial charge in [0.05, 0.1) is 14.2 Å². The molecule has 3 nitrogen and oxygen atoms in total. The summed E-state index contributed by atoms with van der Waals surface area (Å²) < 4.78 is 10.9. The van der Waals surface area contributed by atoms with E-state index in [1.165, 1.54) is 37.7 Å². The van der Waals surface area contributed by atoms with Gasteiger partial charge >= 0.3 is 0 Å². The average molecular weight is 291 g/mol. The molecule has 2 rings (SSSR count). The molecule has 1 aliphatic rings. The van der Waals surface area contributed by atoms with Crippen LogP contribution in [0, 0.1) is 11.8 Å². The van der Waals surface area contributed by atoms with Crippen molar-refractivity contribution in [3.63, 3.8) is 0 Å². The summed E-state index contributed by atoms with van der Waals surface area (Å²) in [6.45, 7) is 2.32. The van der Waals surface area contributed by atoms with Crippen molar-refractivity contribution in [2.75, 3.05) is 21.3 Å². The van der Waals surface area contributed by atoms with E-state index in [-0.39, 0.29) is 0 Å². The lowest BCUT2D eigenvalue weighted by atomic mass is 9.72. The van der Waals surface area contributed by atoms with Crippen molar-refractivity contribution < 1.29 is 9.47 Å². The van der Waals surface area contributed by atoms with Crippen LogP contribution in [0.25, 0.3) is 0 Å². The second-order valence-corrected chi connectivity index (χ2v) is 5.99. The molecular formula is C18H29NO2. The van der Waals surface area contributed by atoms with Gasteiger partial charge in [0.25, 0.3) is 0 Å². The first-order valence-corrected chi connectivity index (χ1v) is 8.14. The minimum atomic E-state index is 0.358. The molecule has 0 bridgehead atoms. The van der Waals surface area contributed by atoms with Gasteiger partial charge in [-0.15, -0.1) is 0 Å². The maximum Gasteiger partial charge on any atom is 0.127 e. The highest BCUT2D eigenvalue weighted by Crippen LogP contribution is 2.43. The van der Waals surface area contributed by atoms with Gasteiger partial charge in [0, 0.05) is 17.7 Å². The van der Waals surface area contributed by atoms with Crippen molar-refractivity contribution in [3.05, 3.63) is 23.8 Å². The third-order valence-electron chi connectivity index (χ3n) is 5.01. The molecule has 3 atom stereocenters.